The van der Waals surface area contributed by atoms with Gasteiger partial charge in [0.2, 0.25) is 0 Å². The molecule has 0 unspecified atom stereocenters. The zero-order valence-electron chi connectivity index (χ0n) is 12.1. The van der Waals surface area contributed by atoms with E-state index in [2.05, 4.69) is 26.8 Å². The molecule has 0 saturated heterocycles. The van der Waals surface area contributed by atoms with Crippen molar-refractivity contribution in [1.29, 1.82) is 0 Å². The lowest BCUT2D eigenvalue weighted by molar-refractivity contribution is 0.128. The van der Waals surface area contributed by atoms with E-state index in [4.69, 9.17) is 10.6 Å². The third-order valence-electron chi connectivity index (χ3n) is 2.73. The lowest BCUT2D eigenvalue weighted by Crippen LogP contribution is -2.12. The second-order valence-corrected chi connectivity index (χ2v) is 5.01. The first-order valence-electron chi connectivity index (χ1n) is 6.59. The number of nitrogens with two attached hydrogens (primary N) is 1. The van der Waals surface area contributed by atoms with Crippen molar-refractivity contribution >= 4 is 29.1 Å². The molecule has 0 bridgehead atoms. The molecular formula is C14H19N5OS. The number of hydrazine groups is 1. The molecule has 0 atom stereocenters. The number of ether oxygens (including phenoxy) is 1. The van der Waals surface area contributed by atoms with E-state index in [-0.39, 0.29) is 0 Å². The molecule has 0 aliphatic carbocycles. The second-order valence-electron chi connectivity index (χ2n) is 4.16. The van der Waals surface area contributed by atoms with E-state index in [1.165, 1.54) is 0 Å². The third kappa shape index (κ3) is 4.32. The maximum Gasteiger partial charge on any atom is 0.158 e. The number of hydrogen-bond donors (Lipinski definition) is 3. The Morgan fingerprint density at radius 2 is 2.00 bits per heavy atom. The van der Waals surface area contributed by atoms with Gasteiger partial charge in [0.05, 0.1) is 5.69 Å². The van der Waals surface area contributed by atoms with Gasteiger partial charge in [-0.15, -0.1) is 11.8 Å². The van der Waals surface area contributed by atoms with Crippen LogP contribution in [-0.2, 0) is 11.3 Å². The van der Waals surface area contributed by atoms with Crippen molar-refractivity contribution in [3.8, 4) is 0 Å². The monoisotopic (exact) mass is 305 g/mol. The number of hydrogen-bond acceptors (Lipinski definition) is 7. The van der Waals surface area contributed by atoms with E-state index in [0.29, 0.717) is 30.7 Å². The maximum atomic E-state index is 5.45. The quantitative estimate of drug-likeness (QED) is 0.412. The van der Waals surface area contributed by atoms with E-state index in [1.54, 1.807) is 17.8 Å². The Balaban J connectivity index is 2.25. The first kappa shape index (κ1) is 15.6. The Labute approximate surface area is 128 Å². The Morgan fingerprint density at radius 1 is 1.24 bits per heavy atom. The highest BCUT2D eigenvalue weighted by Crippen LogP contribution is 2.27. The van der Waals surface area contributed by atoms with Gasteiger partial charge in [-0.1, -0.05) is 12.1 Å². The predicted molar refractivity (Wildman–Crippen MR) is 86.7 cm³/mol. The van der Waals surface area contributed by atoms with Crippen LogP contribution in [0.3, 0.4) is 0 Å². The molecule has 0 spiro atoms. The molecule has 2 rings (SSSR count). The minimum absolute atomic E-state index is 0.352. The van der Waals surface area contributed by atoms with Crippen LogP contribution in [-0.4, -0.2) is 22.8 Å². The van der Waals surface area contributed by atoms with Crippen LogP contribution in [0.25, 0.3) is 0 Å². The number of thioether (sulfide) groups is 1. The van der Waals surface area contributed by atoms with Gasteiger partial charge in [-0.2, -0.15) is 0 Å². The average Bonchev–Trinajstić information content (AvgIpc) is 2.53. The van der Waals surface area contributed by atoms with Gasteiger partial charge in [0.25, 0.3) is 0 Å². The van der Waals surface area contributed by atoms with Crippen LogP contribution < -0.4 is 16.6 Å². The van der Waals surface area contributed by atoms with Crippen molar-refractivity contribution in [2.75, 3.05) is 23.6 Å². The normalized spacial score (nSPS) is 10.4. The lowest BCUT2D eigenvalue weighted by atomic mass is 10.3. The largest absolute Gasteiger partial charge is 0.374 e. The highest BCUT2D eigenvalue weighted by Gasteiger charge is 2.07. The second kappa shape index (κ2) is 7.82. The minimum Gasteiger partial charge on any atom is -0.374 e. The topological polar surface area (TPSA) is 85.1 Å². The molecule has 1 aromatic heterocycles. The molecule has 1 heterocycles. The van der Waals surface area contributed by atoms with E-state index >= 15 is 0 Å². The van der Waals surface area contributed by atoms with Crippen LogP contribution in [0.2, 0.25) is 0 Å². The van der Waals surface area contributed by atoms with Gasteiger partial charge in [-0.25, -0.2) is 15.8 Å². The van der Waals surface area contributed by atoms with Gasteiger partial charge in [-0.3, -0.25) is 0 Å². The number of para-hydroxylation sites is 1. The fourth-order valence-electron chi connectivity index (χ4n) is 1.78. The van der Waals surface area contributed by atoms with Gasteiger partial charge in [0.1, 0.15) is 18.2 Å². The summed E-state index contributed by atoms with van der Waals surface area (Å²) in [5.41, 5.74) is 3.54. The Bertz CT molecular complexity index is 593. The molecule has 0 fully saturated rings. The number of anilines is 3. The standard InChI is InChI=1S/C14H19N5OS/c1-3-20-9-14-17-12(8-13(18-14)19-15)16-10-6-4-5-7-11(10)21-2/h4-8H,3,9,15H2,1-2H3,(H2,16,17,18,19). The van der Waals surface area contributed by atoms with Crippen LogP contribution in [0.5, 0.6) is 0 Å². The van der Waals surface area contributed by atoms with Crippen molar-refractivity contribution in [1.82, 2.24) is 9.97 Å². The zero-order chi connectivity index (χ0) is 15.1. The van der Waals surface area contributed by atoms with Crippen molar-refractivity contribution in [3.05, 3.63) is 36.2 Å². The maximum absolute atomic E-state index is 5.45. The van der Waals surface area contributed by atoms with Gasteiger partial charge < -0.3 is 15.5 Å². The van der Waals surface area contributed by atoms with Gasteiger partial charge >= 0.3 is 0 Å². The molecule has 7 heteroatoms. The summed E-state index contributed by atoms with van der Waals surface area (Å²) in [6.07, 6.45) is 2.04. The summed E-state index contributed by atoms with van der Waals surface area (Å²) in [4.78, 5) is 9.84. The van der Waals surface area contributed by atoms with Gasteiger partial charge in [-0.05, 0) is 25.3 Å². The number of rotatable bonds is 7. The number of nitrogens with zero attached hydrogens (tertiary/aromatic N) is 2. The molecule has 0 radical (unpaired) electrons. The highest BCUT2D eigenvalue weighted by molar-refractivity contribution is 7.98. The van der Waals surface area contributed by atoms with E-state index in [9.17, 15) is 0 Å². The highest BCUT2D eigenvalue weighted by atomic mass is 32.2. The van der Waals surface area contributed by atoms with Crippen LogP contribution in [0.4, 0.5) is 17.3 Å². The molecule has 6 nitrogen and oxygen atoms in total. The summed E-state index contributed by atoms with van der Waals surface area (Å²) in [5.74, 6) is 7.25. The number of nitrogens with one attached hydrogen (secondary N) is 2. The number of benzene rings is 1. The number of nitrogen functional groups attached to an aromatic ring is 1. The summed E-state index contributed by atoms with van der Waals surface area (Å²) in [5, 5.41) is 3.29. The average molecular weight is 305 g/mol. The lowest BCUT2D eigenvalue weighted by Gasteiger charge is -2.12. The van der Waals surface area contributed by atoms with Crippen LogP contribution in [0.1, 0.15) is 12.7 Å². The fourth-order valence-corrected chi connectivity index (χ4v) is 2.33. The van der Waals surface area contributed by atoms with Crippen molar-refractivity contribution in [2.24, 2.45) is 5.84 Å². The molecule has 0 aliphatic heterocycles. The summed E-state index contributed by atoms with van der Waals surface area (Å²) in [6.45, 7) is 2.89. The van der Waals surface area contributed by atoms with E-state index in [1.807, 2.05) is 31.4 Å². The Morgan fingerprint density at radius 3 is 2.71 bits per heavy atom. The first-order chi connectivity index (χ1) is 10.3. The Kier molecular flexibility index (Phi) is 5.79. The van der Waals surface area contributed by atoms with Crippen molar-refractivity contribution in [3.63, 3.8) is 0 Å². The summed E-state index contributed by atoms with van der Waals surface area (Å²) in [6, 6.07) is 9.80. The Hall–Kier alpha value is -1.83. The minimum atomic E-state index is 0.352. The molecule has 0 amide bonds. The predicted octanol–water partition coefficient (Wildman–Crippen LogP) is 2.76. The van der Waals surface area contributed by atoms with E-state index in [0.717, 1.165) is 10.6 Å². The van der Waals surface area contributed by atoms with Crippen LogP contribution in [0.15, 0.2) is 35.2 Å². The molecule has 21 heavy (non-hydrogen) atoms. The summed E-state index contributed by atoms with van der Waals surface area (Å²) in [7, 11) is 0. The van der Waals surface area contributed by atoms with Crippen molar-refractivity contribution < 1.29 is 4.74 Å². The first-order valence-corrected chi connectivity index (χ1v) is 7.81. The molecular weight excluding hydrogens is 286 g/mol. The fraction of sp³-hybridized carbons (Fsp3) is 0.286. The molecule has 0 aliphatic rings. The van der Waals surface area contributed by atoms with Crippen LogP contribution in [0, 0.1) is 0 Å². The SMILES string of the molecule is CCOCc1nc(NN)cc(Nc2ccccc2SC)n1. The van der Waals surface area contributed by atoms with Crippen molar-refractivity contribution in [2.45, 2.75) is 18.4 Å². The van der Waals surface area contributed by atoms with Crippen LogP contribution >= 0.6 is 11.8 Å². The molecule has 0 saturated carbocycles. The van der Waals surface area contributed by atoms with E-state index < -0.39 is 0 Å². The third-order valence-corrected chi connectivity index (χ3v) is 3.52. The van der Waals surface area contributed by atoms with Gasteiger partial charge in [0, 0.05) is 17.6 Å². The summed E-state index contributed by atoms with van der Waals surface area (Å²) >= 11 is 1.67. The molecule has 2 aromatic rings. The molecule has 112 valence electrons. The number of aromatic nitrogens is 2. The smallest absolute Gasteiger partial charge is 0.158 e. The molecule has 1 aromatic carbocycles. The van der Waals surface area contributed by atoms with Gasteiger partial charge in [0.15, 0.2) is 5.82 Å². The molecule has 4 N–H and O–H groups in total. The zero-order valence-corrected chi connectivity index (χ0v) is 12.9. The summed E-state index contributed by atoms with van der Waals surface area (Å²) < 4.78 is 5.34.